The number of rotatable bonds is 2. The number of aromatic nitrogens is 1. The number of fused-ring (bicyclic) bond motifs is 1. The van der Waals surface area contributed by atoms with Gasteiger partial charge in [-0.1, -0.05) is 23.8 Å². The lowest BCUT2D eigenvalue weighted by Crippen LogP contribution is -1.86. The molecular weight excluding hydrogens is 241 g/mol. The number of hydrogen-bond acceptors (Lipinski definition) is 2. The van der Waals surface area contributed by atoms with Crippen LogP contribution < -0.4 is 4.74 Å². The van der Waals surface area contributed by atoms with Crippen molar-refractivity contribution >= 4 is 18.8 Å². The first-order valence-corrected chi connectivity index (χ1v) is 6.87. The Kier molecular flexibility index (Phi) is 2.81. The highest BCUT2D eigenvalue weighted by Gasteiger charge is 2.09. The molecule has 1 atom stereocenters. The molecule has 0 fully saturated rings. The van der Waals surface area contributed by atoms with E-state index in [-0.39, 0.29) is 0 Å². The predicted octanol–water partition coefficient (Wildman–Crippen LogP) is 4.25. The van der Waals surface area contributed by atoms with Crippen LogP contribution in [0.2, 0.25) is 0 Å². The summed E-state index contributed by atoms with van der Waals surface area (Å²) in [7, 11) is 2.32. The zero-order valence-electron chi connectivity index (χ0n) is 10.4. The van der Waals surface area contributed by atoms with Crippen LogP contribution in [0.25, 0.3) is 21.6 Å². The number of methoxy groups -OCH3 is 1. The molecule has 0 radical (unpaired) electrons. The predicted molar refractivity (Wildman–Crippen MR) is 78.0 cm³/mol. The molecule has 0 bridgehead atoms. The minimum atomic E-state index is 0.614. The van der Waals surface area contributed by atoms with Gasteiger partial charge >= 0.3 is 0 Å². The highest BCUT2D eigenvalue weighted by Crippen LogP contribution is 2.38. The first kappa shape index (κ1) is 11.3. The van der Waals surface area contributed by atoms with Crippen LogP contribution in [0, 0.1) is 6.92 Å². The van der Waals surface area contributed by atoms with Crippen molar-refractivity contribution < 1.29 is 4.74 Å². The van der Waals surface area contributed by atoms with Crippen molar-refractivity contribution in [3.05, 3.63) is 48.0 Å². The Morgan fingerprint density at radius 2 is 1.94 bits per heavy atom. The Hall–Kier alpha value is -1.79. The molecule has 18 heavy (non-hydrogen) atoms. The zero-order valence-corrected chi connectivity index (χ0v) is 11.4. The van der Waals surface area contributed by atoms with Crippen molar-refractivity contribution in [2.45, 2.75) is 6.92 Å². The maximum Gasteiger partial charge on any atom is 0.128 e. The highest BCUT2D eigenvalue weighted by molar-refractivity contribution is 7.40. The van der Waals surface area contributed by atoms with E-state index in [2.05, 4.69) is 31.2 Å². The average molecular weight is 255 g/mol. The van der Waals surface area contributed by atoms with Gasteiger partial charge in [-0.05, 0) is 31.2 Å². The smallest absolute Gasteiger partial charge is 0.128 e. The lowest BCUT2D eigenvalue weighted by molar-refractivity contribution is 0.416. The number of para-hydroxylation sites is 1. The molecule has 0 amide bonds. The SMILES string of the molecule is COc1ccccc1-c1nc2ccc(C)cc2[pH]1. The number of ether oxygens (including phenoxy) is 1. The Bertz CT molecular complexity index is 703. The van der Waals surface area contributed by atoms with Crippen molar-refractivity contribution in [2.75, 3.05) is 7.11 Å². The van der Waals surface area contributed by atoms with E-state index in [1.54, 1.807) is 7.11 Å². The second-order valence-corrected chi connectivity index (χ2v) is 5.57. The van der Waals surface area contributed by atoms with Crippen molar-refractivity contribution in [2.24, 2.45) is 0 Å². The quantitative estimate of drug-likeness (QED) is 0.683. The fourth-order valence-corrected chi connectivity index (χ4v) is 3.43. The van der Waals surface area contributed by atoms with Gasteiger partial charge in [-0.25, -0.2) is 4.98 Å². The number of aryl methyl sites for hydroxylation is 1. The molecule has 3 aromatic rings. The maximum absolute atomic E-state index is 5.40. The zero-order chi connectivity index (χ0) is 12.5. The van der Waals surface area contributed by atoms with Crippen molar-refractivity contribution in [1.82, 2.24) is 4.98 Å². The third-order valence-corrected chi connectivity index (χ3v) is 4.29. The minimum Gasteiger partial charge on any atom is -0.496 e. The van der Waals surface area contributed by atoms with Gasteiger partial charge in [0.05, 0.1) is 18.1 Å². The topological polar surface area (TPSA) is 22.1 Å². The Morgan fingerprint density at radius 3 is 2.78 bits per heavy atom. The summed E-state index contributed by atoms with van der Waals surface area (Å²) in [6.07, 6.45) is 0. The van der Waals surface area contributed by atoms with E-state index in [0.29, 0.717) is 8.19 Å². The monoisotopic (exact) mass is 255 g/mol. The van der Waals surface area contributed by atoms with E-state index in [1.807, 2.05) is 18.2 Å². The van der Waals surface area contributed by atoms with E-state index >= 15 is 0 Å². The summed E-state index contributed by atoms with van der Waals surface area (Å²) in [6.45, 7) is 2.12. The minimum absolute atomic E-state index is 0.614. The van der Waals surface area contributed by atoms with E-state index in [9.17, 15) is 0 Å². The van der Waals surface area contributed by atoms with Gasteiger partial charge in [0.15, 0.2) is 0 Å². The molecule has 3 heteroatoms. The lowest BCUT2D eigenvalue weighted by atomic mass is 10.2. The second kappa shape index (κ2) is 4.47. The molecule has 2 nitrogen and oxygen atoms in total. The molecule has 1 aromatic heterocycles. The van der Waals surface area contributed by atoms with Crippen LogP contribution in [0.4, 0.5) is 0 Å². The van der Waals surface area contributed by atoms with Crippen LogP contribution in [-0.4, -0.2) is 12.1 Å². The van der Waals surface area contributed by atoms with Crippen molar-refractivity contribution in [3.8, 4) is 16.7 Å². The Labute approximate surface area is 108 Å². The molecule has 0 aliphatic heterocycles. The number of nitrogens with zero attached hydrogens (tertiary/aromatic N) is 1. The molecule has 3 rings (SSSR count). The van der Waals surface area contributed by atoms with Gasteiger partial charge < -0.3 is 4.74 Å². The average Bonchev–Trinajstić information content (AvgIpc) is 2.81. The molecule has 90 valence electrons. The summed E-state index contributed by atoms with van der Waals surface area (Å²) >= 11 is 0. The van der Waals surface area contributed by atoms with Gasteiger partial charge in [0.1, 0.15) is 5.75 Å². The van der Waals surface area contributed by atoms with E-state index < -0.39 is 0 Å². The van der Waals surface area contributed by atoms with Gasteiger partial charge in [-0.15, -0.1) is 8.19 Å². The molecule has 1 heterocycles. The number of benzene rings is 2. The third-order valence-electron chi connectivity index (χ3n) is 3.00. The van der Waals surface area contributed by atoms with Crippen LogP contribution in [0.3, 0.4) is 0 Å². The fraction of sp³-hybridized carbons (Fsp3) is 0.133. The van der Waals surface area contributed by atoms with Crippen LogP contribution in [0.1, 0.15) is 5.56 Å². The molecule has 0 N–H and O–H groups in total. The van der Waals surface area contributed by atoms with Gasteiger partial charge in [0.2, 0.25) is 0 Å². The van der Waals surface area contributed by atoms with Gasteiger partial charge in [0.25, 0.3) is 0 Å². The van der Waals surface area contributed by atoms with Crippen LogP contribution in [0.5, 0.6) is 5.75 Å². The standard InChI is InChI=1S/C15H14NOP/c1-10-7-8-12-14(9-10)18-15(16-12)11-5-3-4-6-13(11)17-2/h3-9,18H,1-2H3. The van der Waals surface area contributed by atoms with Crippen molar-refractivity contribution in [3.63, 3.8) is 0 Å². The van der Waals surface area contributed by atoms with Gasteiger partial charge in [-0.2, -0.15) is 0 Å². The maximum atomic E-state index is 5.40. The van der Waals surface area contributed by atoms with Gasteiger partial charge in [0, 0.05) is 10.7 Å². The van der Waals surface area contributed by atoms with E-state index in [4.69, 9.17) is 9.72 Å². The van der Waals surface area contributed by atoms with Crippen LogP contribution in [0.15, 0.2) is 42.5 Å². The lowest BCUT2D eigenvalue weighted by Gasteiger charge is -2.04. The highest BCUT2D eigenvalue weighted by atomic mass is 31.0. The van der Waals surface area contributed by atoms with Gasteiger partial charge in [-0.3, -0.25) is 0 Å². The largest absolute Gasteiger partial charge is 0.496 e. The number of hydrogen-bond donors (Lipinski definition) is 0. The summed E-state index contributed by atoms with van der Waals surface area (Å²) in [6, 6.07) is 14.5. The van der Waals surface area contributed by atoms with E-state index in [0.717, 1.165) is 22.3 Å². The normalized spacial score (nSPS) is 11.2. The first-order valence-electron chi connectivity index (χ1n) is 5.87. The van der Waals surface area contributed by atoms with Crippen LogP contribution >= 0.6 is 8.19 Å². The molecule has 2 aromatic carbocycles. The molecule has 0 saturated carbocycles. The summed E-state index contributed by atoms with van der Waals surface area (Å²) in [5.41, 5.74) is 4.61. The molecule has 0 aliphatic carbocycles. The summed E-state index contributed by atoms with van der Waals surface area (Å²) in [4.78, 5) is 4.72. The third kappa shape index (κ3) is 1.89. The van der Waals surface area contributed by atoms with Crippen molar-refractivity contribution in [1.29, 1.82) is 0 Å². The molecule has 0 aliphatic rings. The Morgan fingerprint density at radius 1 is 1.11 bits per heavy atom. The molecular formula is C15H14NOP. The first-order chi connectivity index (χ1) is 8.78. The molecule has 0 saturated heterocycles. The Balaban J connectivity index is 2.19. The van der Waals surface area contributed by atoms with E-state index in [1.165, 1.54) is 10.7 Å². The summed E-state index contributed by atoms with van der Waals surface area (Å²) < 4.78 is 5.40. The van der Waals surface area contributed by atoms with Crippen LogP contribution in [-0.2, 0) is 0 Å². The molecule has 1 unspecified atom stereocenters. The summed E-state index contributed by atoms with van der Waals surface area (Å²) in [5, 5.41) is 1.33. The summed E-state index contributed by atoms with van der Waals surface area (Å²) in [5.74, 6) is 0.897. The second-order valence-electron chi connectivity index (χ2n) is 4.31. The molecule has 0 spiro atoms. The fourth-order valence-electron chi connectivity index (χ4n) is 2.09.